The molecule has 0 aliphatic carbocycles. The third kappa shape index (κ3) is 4.83. The standard InChI is InChI=1S/C17H22N4O2S/c1-2-16-19-20-17(24-16)18-15(22)10-14-12-21(8-9-23-14)11-13-6-4-3-5-7-13/h3-7,14H,2,8-12H2,1H3,(H,18,20,22). The van der Waals surface area contributed by atoms with E-state index < -0.39 is 0 Å². The topological polar surface area (TPSA) is 67.4 Å². The monoisotopic (exact) mass is 346 g/mol. The van der Waals surface area contributed by atoms with Crippen LogP contribution in [0.5, 0.6) is 0 Å². The summed E-state index contributed by atoms with van der Waals surface area (Å²) in [6.45, 7) is 5.22. The summed E-state index contributed by atoms with van der Waals surface area (Å²) in [7, 11) is 0. The van der Waals surface area contributed by atoms with E-state index in [0.29, 0.717) is 18.2 Å². The molecule has 0 spiro atoms. The van der Waals surface area contributed by atoms with Crippen LogP contribution in [0.15, 0.2) is 30.3 Å². The van der Waals surface area contributed by atoms with Crippen molar-refractivity contribution in [2.24, 2.45) is 0 Å². The van der Waals surface area contributed by atoms with E-state index >= 15 is 0 Å². The van der Waals surface area contributed by atoms with Crippen molar-refractivity contribution in [3.8, 4) is 0 Å². The molecule has 7 heteroatoms. The second kappa shape index (κ2) is 8.32. The van der Waals surface area contributed by atoms with Gasteiger partial charge in [-0.2, -0.15) is 0 Å². The summed E-state index contributed by atoms with van der Waals surface area (Å²) in [6.07, 6.45) is 1.08. The van der Waals surface area contributed by atoms with Gasteiger partial charge in [-0.25, -0.2) is 0 Å². The number of aryl methyl sites for hydroxylation is 1. The lowest BCUT2D eigenvalue weighted by atomic mass is 10.1. The van der Waals surface area contributed by atoms with Gasteiger partial charge in [-0.05, 0) is 12.0 Å². The second-order valence-electron chi connectivity index (χ2n) is 5.82. The Balaban J connectivity index is 1.48. The zero-order chi connectivity index (χ0) is 16.8. The quantitative estimate of drug-likeness (QED) is 0.869. The highest BCUT2D eigenvalue weighted by Gasteiger charge is 2.23. The van der Waals surface area contributed by atoms with Crippen molar-refractivity contribution in [1.82, 2.24) is 15.1 Å². The van der Waals surface area contributed by atoms with Gasteiger partial charge in [0.1, 0.15) is 5.01 Å². The Morgan fingerprint density at radius 2 is 2.21 bits per heavy atom. The van der Waals surface area contributed by atoms with Crippen LogP contribution in [0.3, 0.4) is 0 Å². The van der Waals surface area contributed by atoms with Gasteiger partial charge in [0.15, 0.2) is 0 Å². The summed E-state index contributed by atoms with van der Waals surface area (Å²) in [5, 5.41) is 12.3. The number of rotatable bonds is 6. The van der Waals surface area contributed by atoms with E-state index in [9.17, 15) is 4.79 Å². The first kappa shape index (κ1) is 17.0. The minimum atomic E-state index is -0.0824. The molecule has 1 aromatic carbocycles. The number of benzene rings is 1. The van der Waals surface area contributed by atoms with Crippen LogP contribution in [-0.4, -0.2) is 46.8 Å². The van der Waals surface area contributed by atoms with Crippen molar-refractivity contribution in [2.75, 3.05) is 25.0 Å². The summed E-state index contributed by atoms with van der Waals surface area (Å²) in [6, 6.07) is 10.4. The molecule has 1 N–H and O–H groups in total. The number of ether oxygens (including phenoxy) is 1. The van der Waals surface area contributed by atoms with Crippen LogP contribution in [-0.2, 0) is 22.5 Å². The molecular formula is C17H22N4O2S. The summed E-state index contributed by atoms with van der Waals surface area (Å²) >= 11 is 1.42. The predicted octanol–water partition coefficient (Wildman–Crippen LogP) is 2.33. The summed E-state index contributed by atoms with van der Waals surface area (Å²) < 4.78 is 5.75. The Morgan fingerprint density at radius 1 is 1.38 bits per heavy atom. The highest BCUT2D eigenvalue weighted by molar-refractivity contribution is 7.15. The molecular weight excluding hydrogens is 324 g/mol. The zero-order valence-corrected chi connectivity index (χ0v) is 14.6. The molecule has 6 nitrogen and oxygen atoms in total. The number of anilines is 1. The van der Waals surface area contributed by atoms with Gasteiger partial charge in [0.05, 0.1) is 19.1 Å². The van der Waals surface area contributed by atoms with E-state index in [0.717, 1.165) is 31.1 Å². The molecule has 1 amide bonds. The maximum atomic E-state index is 12.2. The Hall–Kier alpha value is -1.83. The average Bonchev–Trinajstić information content (AvgIpc) is 3.03. The first-order valence-electron chi connectivity index (χ1n) is 8.23. The number of nitrogens with zero attached hydrogens (tertiary/aromatic N) is 3. The number of amides is 1. The number of hydrogen-bond donors (Lipinski definition) is 1. The first-order chi connectivity index (χ1) is 11.7. The van der Waals surface area contributed by atoms with Crippen LogP contribution in [0, 0.1) is 0 Å². The second-order valence-corrected chi connectivity index (χ2v) is 6.88. The van der Waals surface area contributed by atoms with Crippen LogP contribution >= 0.6 is 11.3 Å². The van der Waals surface area contributed by atoms with E-state index in [1.807, 2.05) is 25.1 Å². The van der Waals surface area contributed by atoms with Crippen LogP contribution in [0.4, 0.5) is 5.13 Å². The van der Waals surface area contributed by atoms with Gasteiger partial charge >= 0.3 is 0 Å². The molecule has 2 heterocycles. The van der Waals surface area contributed by atoms with Gasteiger partial charge in [0.25, 0.3) is 0 Å². The molecule has 24 heavy (non-hydrogen) atoms. The van der Waals surface area contributed by atoms with Crippen molar-refractivity contribution in [1.29, 1.82) is 0 Å². The Labute approximate surface area is 145 Å². The Kier molecular flexibility index (Phi) is 5.90. The fourth-order valence-electron chi connectivity index (χ4n) is 2.71. The molecule has 1 aliphatic heterocycles. The third-order valence-electron chi connectivity index (χ3n) is 3.90. The van der Waals surface area contributed by atoms with Crippen LogP contribution in [0.1, 0.15) is 23.9 Å². The Morgan fingerprint density at radius 3 is 2.96 bits per heavy atom. The van der Waals surface area contributed by atoms with E-state index in [-0.39, 0.29) is 12.0 Å². The third-order valence-corrected chi connectivity index (χ3v) is 4.88. The smallest absolute Gasteiger partial charge is 0.228 e. The van der Waals surface area contributed by atoms with Gasteiger partial charge in [0.2, 0.25) is 11.0 Å². The summed E-state index contributed by atoms with van der Waals surface area (Å²) in [5.74, 6) is -0.0691. The Bertz CT molecular complexity index is 662. The van der Waals surface area contributed by atoms with Crippen LogP contribution < -0.4 is 5.32 Å². The largest absolute Gasteiger partial charge is 0.375 e. The number of morpholine rings is 1. The number of carbonyl (C=O) groups is 1. The van der Waals surface area contributed by atoms with E-state index in [2.05, 4.69) is 32.5 Å². The number of hydrogen-bond acceptors (Lipinski definition) is 6. The maximum absolute atomic E-state index is 12.2. The van der Waals surface area contributed by atoms with Gasteiger partial charge in [-0.15, -0.1) is 10.2 Å². The minimum absolute atomic E-state index is 0.0691. The zero-order valence-electron chi connectivity index (χ0n) is 13.8. The molecule has 1 unspecified atom stereocenters. The van der Waals surface area contributed by atoms with Crippen molar-refractivity contribution in [3.05, 3.63) is 40.9 Å². The fourth-order valence-corrected chi connectivity index (χ4v) is 3.41. The van der Waals surface area contributed by atoms with Crippen molar-refractivity contribution in [3.63, 3.8) is 0 Å². The number of nitrogens with one attached hydrogen (secondary N) is 1. The molecule has 1 atom stereocenters. The normalized spacial score (nSPS) is 18.5. The lowest BCUT2D eigenvalue weighted by Gasteiger charge is -2.32. The van der Waals surface area contributed by atoms with Gasteiger partial charge in [-0.1, -0.05) is 48.6 Å². The minimum Gasteiger partial charge on any atom is -0.375 e. The molecule has 0 saturated carbocycles. The highest BCUT2D eigenvalue weighted by Crippen LogP contribution is 2.17. The molecule has 1 fully saturated rings. The molecule has 1 saturated heterocycles. The first-order valence-corrected chi connectivity index (χ1v) is 9.04. The SMILES string of the molecule is CCc1nnc(NC(=O)CC2CN(Cc3ccccc3)CCO2)s1. The molecule has 128 valence electrons. The molecule has 0 bridgehead atoms. The molecule has 0 radical (unpaired) electrons. The summed E-state index contributed by atoms with van der Waals surface area (Å²) in [4.78, 5) is 14.5. The van der Waals surface area contributed by atoms with Gasteiger partial charge in [0, 0.05) is 19.6 Å². The number of carbonyl (C=O) groups excluding carboxylic acids is 1. The van der Waals surface area contributed by atoms with Crippen molar-refractivity contribution >= 4 is 22.4 Å². The van der Waals surface area contributed by atoms with Crippen molar-refractivity contribution < 1.29 is 9.53 Å². The molecule has 1 aliphatic rings. The van der Waals surface area contributed by atoms with E-state index in [4.69, 9.17) is 4.74 Å². The molecule has 2 aromatic rings. The lowest BCUT2D eigenvalue weighted by molar-refractivity contribution is -0.121. The fraction of sp³-hybridized carbons (Fsp3) is 0.471. The molecule has 3 rings (SSSR count). The maximum Gasteiger partial charge on any atom is 0.228 e. The van der Waals surface area contributed by atoms with Crippen LogP contribution in [0.25, 0.3) is 0 Å². The highest BCUT2D eigenvalue weighted by atomic mass is 32.1. The number of aromatic nitrogens is 2. The average molecular weight is 346 g/mol. The van der Waals surface area contributed by atoms with Crippen molar-refractivity contribution in [2.45, 2.75) is 32.4 Å². The van der Waals surface area contributed by atoms with E-state index in [1.165, 1.54) is 16.9 Å². The van der Waals surface area contributed by atoms with E-state index in [1.54, 1.807) is 0 Å². The van der Waals surface area contributed by atoms with Gasteiger partial charge < -0.3 is 10.1 Å². The van der Waals surface area contributed by atoms with Crippen LogP contribution in [0.2, 0.25) is 0 Å². The predicted molar refractivity (Wildman–Crippen MR) is 94.0 cm³/mol. The molecule has 1 aromatic heterocycles. The summed E-state index contributed by atoms with van der Waals surface area (Å²) in [5.41, 5.74) is 1.28. The lowest BCUT2D eigenvalue weighted by Crippen LogP contribution is -2.43. The van der Waals surface area contributed by atoms with Gasteiger partial charge in [-0.3, -0.25) is 9.69 Å².